The minimum Gasteiger partial charge on any atom is -0.448 e. The molecule has 1 aliphatic rings. The summed E-state index contributed by atoms with van der Waals surface area (Å²) in [4.78, 5) is 47.7. The van der Waals surface area contributed by atoms with Gasteiger partial charge in [-0.05, 0) is 36.2 Å². The Morgan fingerprint density at radius 2 is 1.63 bits per heavy atom. The quantitative estimate of drug-likeness (QED) is 0.595. The van der Waals surface area contributed by atoms with Gasteiger partial charge in [0, 0.05) is 11.1 Å². The average Bonchev–Trinajstić information content (AvgIpc) is 2.69. The molecule has 0 saturated carbocycles. The van der Waals surface area contributed by atoms with Crippen LogP contribution in [0, 0.1) is 5.92 Å². The summed E-state index contributed by atoms with van der Waals surface area (Å²) in [5.74, 6) is -2.86. The van der Waals surface area contributed by atoms with Gasteiger partial charge in [-0.15, -0.1) is 0 Å². The molecule has 1 aliphatic heterocycles. The number of nitrogens with two attached hydrogens (primary N) is 1. The number of fused-ring (bicyclic) bond motifs is 2. The molecule has 0 radical (unpaired) electrons. The zero-order valence-corrected chi connectivity index (χ0v) is 16.9. The van der Waals surface area contributed by atoms with Gasteiger partial charge in [0.25, 0.3) is 5.91 Å². The van der Waals surface area contributed by atoms with Crippen molar-refractivity contribution in [1.29, 1.82) is 0 Å². The minimum atomic E-state index is -4.04. The Kier molecular flexibility index (Phi) is 5.45. The van der Waals surface area contributed by atoms with Crippen LogP contribution in [0.2, 0.25) is 0 Å². The third-order valence-electron chi connectivity index (χ3n) is 4.52. The molecule has 0 unspecified atom stereocenters. The van der Waals surface area contributed by atoms with E-state index in [1.165, 1.54) is 30.3 Å². The number of esters is 1. The van der Waals surface area contributed by atoms with Gasteiger partial charge in [0.15, 0.2) is 11.9 Å². The number of amides is 3. The van der Waals surface area contributed by atoms with E-state index in [1.807, 2.05) is 5.32 Å². The number of sulfone groups is 1. The molecule has 9 nitrogen and oxygen atoms in total. The number of hydrogen-bond acceptors (Lipinski definition) is 7. The van der Waals surface area contributed by atoms with E-state index in [4.69, 9.17) is 10.5 Å². The maximum absolute atomic E-state index is 13.0. The van der Waals surface area contributed by atoms with E-state index in [1.54, 1.807) is 19.9 Å². The van der Waals surface area contributed by atoms with Crippen molar-refractivity contribution >= 4 is 33.5 Å². The highest BCUT2D eigenvalue weighted by Gasteiger charge is 2.35. The van der Waals surface area contributed by atoms with Crippen LogP contribution in [0.3, 0.4) is 0 Å². The van der Waals surface area contributed by atoms with Crippen molar-refractivity contribution < 1.29 is 32.3 Å². The van der Waals surface area contributed by atoms with Crippen LogP contribution in [0.4, 0.5) is 4.79 Å². The number of carbonyl (C=O) groups is 4. The summed E-state index contributed by atoms with van der Waals surface area (Å²) in [6.45, 7) is 3.18. The highest BCUT2D eigenvalue weighted by molar-refractivity contribution is 7.91. The van der Waals surface area contributed by atoms with Gasteiger partial charge >= 0.3 is 12.0 Å². The van der Waals surface area contributed by atoms with Gasteiger partial charge in [-0.1, -0.05) is 26.0 Å². The summed E-state index contributed by atoms with van der Waals surface area (Å²) in [6, 6.07) is 8.22. The van der Waals surface area contributed by atoms with Crippen LogP contribution in [0.5, 0.6) is 0 Å². The molecule has 10 heteroatoms. The first-order valence-corrected chi connectivity index (χ1v) is 10.4. The second kappa shape index (κ2) is 7.71. The van der Waals surface area contributed by atoms with E-state index in [-0.39, 0.29) is 26.5 Å². The zero-order chi connectivity index (χ0) is 22.2. The number of rotatable bonds is 4. The van der Waals surface area contributed by atoms with E-state index in [9.17, 15) is 27.6 Å². The molecule has 156 valence electrons. The highest BCUT2D eigenvalue weighted by atomic mass is 32.2. The van der Waals surface area contributed by atoms with Crippen LogP contribution in [-0.4, -0.2) is 38.2 Å². The Labute approximate surface area is 172 Å². The molecule has 3 amide bonds. The fourth-order valence-corrected chi connectivity index (χ4v) is 4.76. The van der Waals surface area contributed by atoms with Crippen molar-refractivity contribution in [2.75, 3.05) is 0 Å². The van der Waals surface area contributed by atoms with Gasteiger partial charge in [0.05, 0.1) is 15.4 Å². The Hall–Kier alpha value is -3.53. The van der Waals surface area contributed by atoms with Crippen molar-refractivity contribution in [2.24, 2.45) is 11.7 Å². The van der Waals surface area contributed by atoms with Gasteiger partial charge in [-0.3, -0.25) is 14.9 Å². The standard InChI is InChI=1S/C20H18N2O7S/c1-10(2)17(18(24)22-20(21)26)29-19(25)11-7-8-13-15(9-11)30(27,28)14-6-4-3-5-12(14)16(13)23/h3-10,17H,1-2H3,(H3,21,22,24,26)/t17-/m1/s1. The first kappa shape index (κ1) is 21.2. The lowest BCUT2D eigenvalue weighted by Gasteiger charge is -2.21. The molecule has 0 fully saturated rings. The molecule has 0 spiro atoms. The number of benzene rings is 2. The number of ether oxygens (including phenoxy) is 1. The maximum Gasteiger partial charge on any atom is 0.338 e. The van der Waals surface area contributed by atoms with Crippen molar-refractivity contribution in [2.45, 2.75) is 29.7 Å². The topological polar surface area (TPSA) is 150 Å². The van der Waals surface area contributed by atoms with Crippen LogP contribution >= 0.6 is 0 Å². The number of urea groups is 1. The maximum atomic E-state index is 13.0. The first-order chi connectivity index (χ1) is 14.0. The molecule has 0 aliphatic carbocycles. The lowest BCUT2D eigenvalue weighted by Crippen LogP contribution is -2.45. The summed E-state index contributed by atoms with van der Waals surface area (Å²) in [5.41, 5.74) is 4.76. The van der Waals surface area contributed by atoms with Crippen LogP contribution in [0.1, 0.15) is 40.1 Å². The van der Waals surface area contributed by atoms with E-state index >= 15 is 0 Å². The molecule has 2 aromatic rings. The van der Waals surface area contributed by atoms with Crippen LogP contribution < -0.4 is 11.1 Å². The largest absolute Gasteiger partial charge is 0.448 e. The van der Waals surface area contributed by atoms with Gasteiger partial charge < -0.3 is 10.5 Å². The molecule has 0 bridgehead atoms. The van der Waals surface area contributed by atoms with Gasteiger partial charge in [0.1, 0.15) is 0 Å². The van der Waals surface area contributed by atoms with E-state index in [0.717, 1.165) is 6.07 Å². The third-order valence-corrected chi connectivity index (χ3v) is 6.37. The van der Waals surface area contributed by atoms with Crippen LogP contribution in [0.15, 0.2) is 52.3 Å². The smallest absolute Gasteiger partial charge is 0.338 e. The molecule has 3 N–H and O–H groups in total. The molecule has 30 heavy (non-hydrogen) atoms. The summed E-state index contributed by atoms with van der Waals surface area (Å²) in [7, 11) is -4.04. The van der Waals surface area contributed by atoms with E-state index in [2.05, 4.69) is 0 Å². The summed E-state index contributed by atoms with van der Waals surface area (Å²) >= 11 is 0. The molecule has 0 aromatic heterocycles. The second-order valence-corrected chi connectivity index (χ2v) is 8.85. The Bertz CT molecular complexity index is 1190. The number of ketones is 1. The third kappa shape index (κ3) is 3.69. The number of hydrogen-bond donors (Lipinski definition) is 2. The zero-order valence-electron chi connectivity index (χ0n) is 16.0. The van der Waals surface area contributed by atoms with E-state index < -0.39 is 45.5 Å². The van der Waals surface area contributed by atoms with Crippen molar-refractivity contribution in [3.63, 3.8) is 0 Å². The first-order valence-electron chi connectivity index (χ1n) is 8.88. The molecule has 1 atom stereocenters. The fourth-order valence-electron chi connectivity index (χ4n) is 3.08. The van der Waals surface area contributed by atoms with Crippen molar-refractivity contribution in [1.82, 2.24) is 5.32 Å². The Morgan fingerprint density at radius 3 is 2.27 bits per heavy atom. The lowest BCUT2D eigenvalue weighted by atomic mass is 10.0. The van der Waals surface area contributed by atoms with Crippen molar-refractivity contribution in [3.8, 4) is 0 Å². The molecular formula is C20H18N2O7S. The lowest BCUT2D eigenvalue weighted by molar-refractivity contribution is -0.130. The van der Waals surface area contributed by atoms with Crippen molar-refractivity contribution in [3.05, 3.63) is 59.2 Å². The fraction of sp³-hybridized carbons (Fsp3) is 0.200. The Morgan fingerprint density at radius 1 is 1.00 bits per heavy atom. The second-order valence-electron chi connectivity index (χ2n) is 6.96. The monoisotopic (exact) mass is 430 g/mol. The van der Waals surface area contributed by atoms with Gasteiger partial charge in [-0.2, -0.15) is 0 Å². The molecular weight excluding hydrogens is 412 g/mol. The molecule has 3 rings (SSSR count). The number of nitrogens with one attached hydrogen (secondary N) is 1. The SMILES string of the molecule is CC(C)[C@@H](OC(=O)c1ccc2c(c1)S(=O)(=O)c1ccccc1C2=O)C(=O)NC(N)=O. The number of imide groups is 1. The molecule has 0 saturated heterocycles. The summed E-state index contributed by atoms with van der Waals surface area (Å²) < 4.78 is 31.1. The summed E-state index contributed by atoms with van der Waals surface area (Å²) in [6.07, 6.45) is -1.33. The minimum absolute atomic E-state index is 0.0582. The van der Waals surface area contributed by atoms with Crippen LogP contribution in [0.25, 0.3) is 0 Å². The van der Waals surface area contributed by atoms with Gasteiger partial charge in [-0.25, -0.2) is 18.0 Å². The van der Waals surface area contributed by atoms with Gasteiger partial charge in [0.2, 0.25) is 9.84 Å². The Balaban J connectivity index is 1.97. The average molecular weight is 430 g/mol. The summed E-state index contributed by atoms with van der Waals surface area (Å²) in [5, 5.41) is 1.84. The predicted octanol–water partition coefficient (Wildman–Crippen LogP) is 1.44. The van der Waals surface area contributed by atoms with E-state index in [0.29, 0.717) is 0 Å². The normalized spacial score (nSPS) is 15.0. The molecule has 2 aromatic carbocycles. The number of primary amides is 1. The molecule has 1 heterocycles. The highest BCUT2D eigenvalue weighted by Crippen LogP contribution is 2.34. The number of carbonyl (C=O) groups excluding carboxylic acids is 4. The van der Waals surface area contributed by atoms with Crippen LogP contribution in [-0.2, 0) is 19.4 Å². The predicted molar refractivity (Wildman–Crippen MR) is 104 cm³/mol.